The van der Waals surface area contributed by atoms with Gasteiger partial charge in [-0.2, -0.15) is 0 Å². The smallest absolute Gasteiger partial charge is 0.338 e. The number of hydrogen-bond donors (Lipinski definition) is 0. The van der Waals surface area contributed by atoms with Crippen molar-refractivity contribution < 1.29 is 9.53 Å². The lowest BCUT2D eigenvalue weighted by atomic mass is 10.0. The van der Waals surface area contributed by atoms with Gasteiger partial charge in [0.05, 0.1) is 12.2 Å². The van der Waals surface area contributed by atoms with Crippen LogP contribution in [0.5, 0.6) is 0 Å². The maximum atomic E-state index is 11.9. The molecule has 0 heterocycles. The number of aryl methyl sites for hydroxylation is 1. The van der Waals surface area contributed by atoms with E-state index in [0.29, 0.717) is 12.2 Å². The minimum Gasteiger partial charge on any atom is -0.462 e. The summed E-state index contributed by atoms with van der Waals surface area (Å²) < 4.78 is 5.34. The van der Waals surface area contributed by atoms with Gasteiger partial charge in [0.25, 0.3) is 0 Å². The summed E-state index contributed by atoms with van der Waals surface area (Å²) in [6, 6.07) is 7.57. The lowest BCUT2D eigenvalue weighted by Crippen LogP contribution is -2.06. The number of rotatable bonds is 17. The summed E-state index contributed by atoms with van der Waals surface area (Å²) in [5, 5.41) is 0. The van der Waals surface area contributed by atoms with Crippen molar-refractivity contribution in [2.75, 3.05) is 6.61 Å². The van der Waals surface area contributed by atoms with E-state index in [1.807, 2.05) is 31.2 Å². The average Bonchev–Trinajstić information content (AvgIpc) is 2.68. The van der Waals surface area contributed by atoms with Crippen molar-refractivity contribution in [1.29, 1.82) is 0 Å². The van der Waals surface area contributed by atoms with Gasteiger partial charge in [0.15, 0.2) is 0 Å². The van der Waals surface area contributed by atoms with E-state index in [0.717, 1.165) is 12.0 Å². The first-order valence-corrected chi connectivity index (χ1v) is 11.5. The highest BCUT2D eigenvalue weighted by molar-refractivity contribution is 5.89. The van der Waals surface area contributed by atoms with E-state index in [1.54, 1.807) is 0 Å². The summed E-state index contributed by atoms with van der Waals surface area (Å²) in [4.78, 5) is 11.9. The summed E-state index contributed by atoms with van der Waals surface area (Å²) in [5.74, 6) is -0.194. The summed E-state index contributed by atoms with van der Waals surface area (Å²) >= 11 is 0. The van der Waals surface area contributed by atoms with Crippen molar-refractivity contribution in [3.05, 3.63) is 35.4 Å². The Kier molecular flexibility index (Phi) is 14.8. The van der Waals surface area contributed by atoms with Gasteiger partial charge >= 0.3 is 5.97 Å². The molecule has 0 saturated heterocycles. The summed E-state index contributed by atoms with van der Waals surface area (Å²) in [7, 11) is 0. The second kappa shape index (κ2) is 16.8. The van der Waals surface area contributed by atoms with Crippen LogP contribution in [0, 0.1) is 6.92 Å². The molecule has 27 heavy (non-hydrogen) atoms. The zero-order valence-electron chi connectivity index (χ0n) is 17.9. The second-order valence-electron chi connectivity index (χ2n) is 7.95. The van der Waals surface area contributed by atoms with E-state index >= 15 is 0 Å². The van der Waals surface area contributed by atoms with Gasteiger partial charge in [0.2, 0.25) is 0 Å². The van der Waals surface area contributed by atoms with Crippen molar-refractivity contribution in [3.8, 4) is 0 Å². The van der Waals surface area contributed by atoms with Crippen LogP contribution in [0.1, 0.15) is 119 Å². The fourth-order valence-corrected chi connectivity index (χ4v) is 3.41. The number of esters is 1. The second-order valence-corrected chi connectivity index (χ2v) is 7.95. The fourth-order valence-electron chi connectivity index (χ4n) is 3.41. The van der Waals surface area contributed by atoms with Gasteiger partial charge < -0.3 is 4.74 Å². The quantitative estimate of drug-likeness (QED) is 0.204. The van der Waals surface area contributed by atoms with Crippen LogP contribution in [-0.2, 0) is 4.74 Å². The van der Waals surface area contributed by atoms with Crippen LogP contribution in [0.4, 0.5) is 0 Å². The van der Waals surface area contributed by atoms with Crippen LogP contribution in [0.15, 0.2) is 24.3 Å². The number of carbonyl (C=O) groups is 1. The molecule has 0 N–H and O–H groups in total. The number of benzene rings is 1. The lowest BCUT2D eigenvalue weighted by molar-refractivity contribution is 0.0497. The highest BCUT2D eigenvalue weighted by atomic mass is 16.5. The van der Waals surface area contributed by atoms with Gasteiger partial charge in [-0.05, 0) is 25.5 Å². The van der Waals surface area contributed by atoms with Crippen LogP contribution in [0.2, 0.25) is 0 Å². The molecule has 0 spiro atoms. The largest absolute Gasteiger partial charge is 0.462 e. The first-order chi connectivity index (χ1) is 13.2. The summed E-state index contributed by atoms with van der Waals surface area (Å²) in [6.07, 6.45) is 20.2. The molecule has 0 aromatic heterocycles. The van der Waals surface area contributed by atoms with Crippen LogP contribution in [-0.4, -0.2) is 12.6 Å². The molecule has 1 rings (SSSR count). The minimum absolute atomic E-state index is 0.194. The molecule has 1 aromatic rings. The Hall–Kier alpha value is -1.31. The molecule has 0 saturated carbocycles. The average molecular weight is 375 g/mol. The van der Waals surface area contributed by atoms with Crippen LogP contribution in [0.3, 0.4) is 0 Å². The molecule has 0 aliphatic heterocycles. The van der Waals surface area contributed by atoms with E-state index < -0.39 is 0 Å². The zero-order valence-corrected chi connectivity index (χ0v) is 17.9. The number of unbranched alkanes of at least 4 members (excludes halogenated alkanes) is 14. The van der Waals surface area contributed by atoms with Crippen LogP contribution < -0.4 is 0 Å². The first-order valence-electron chi connectivity index (χ1n) is 11.5. The molecular formula is C25H42O2. The normalized spacial score (nSPS) is 10.9. The van der Waals surface area contributed by atoms with Crippen molar-refractivity contribution >= 4 is 5.97 Å². The Morgan fingerprint density at radius 1 is 0.667 bits per heavy atom. The van der Waals surface area contributed by atoms with E-state index in [4.69, 9.17) is 4.74 Å². The third kappa shape index (κ3) is 13.5. The molecule has 2 heteroatoms. The topological polar surface area (TPSA) is 26.3 Å². The fraction of sp³-hybridized carbons (Fsp3) is 0.720. The van der Waals surface area contributed by atoms with Gasteiger partial charge in [0, 0.05) is 0 Å². The predicted octanol–water partition coefficient (Wildman–Crippen LogP) is 8.02. The summed E-state index contributed by atoms with van der Waals surface area (Å²) in [6.45, 7) is 4.84. The van der Waals surface area contributed by atoms with E-state index in [2.05, 4.69) is 6.92 Å². The third-order valence-electron chi connectivity index (χ3n) is 5.27. The molecule has 0 amide bonds. The Labute approximate surface area is 168 Å². The molecule has 1 aromatic carbocycles. The van der Waals surface area contributed by atoms with Gasteiger partial charge in [-0.3, -0.25) is 0 Å². The molecule has 154 valence electrons. The van der Waals surface area contributed by atoms with Crippen molar-refractivity contribution in [1.82, 2.24) is 0 Å². The Morgan fingerprint density at radius 3 is 1.52 bits per heavy atom. The SMILES string of the molecule is CCCCCCCCCCCCCCCCCOC(=O)c1ccc(C)cc1. The van der Waals surface area contributed by atoms with Crippen molar-refractivity contribution in [3.63, 3.8) is 0 Å². The van der Waals surface area contributed by atoms with Gasteiger partial charge in [-0.25, -0.2) is 4.79 Å². The highest BCUT2D eigenvalue weighted by Gasteiger charge is 2.05. The Morgan fingerprint density at radius 2 is 1.07 bits per heavy atom. The first kappa shape index (κ1) is 23.7. The van der Waals surface area contributed by atoms with Gasteiger partial charge in [-0.1, -0.05) is 115 Å². The van der Waals surface area contributed by atoms with Crippen molar-refractivity contribution in [2.24, 2.45) is 0 Å². The maximum absolute atomic E-state index is 11.9. The van der Waals surface area contributed by atoms with Crippen molar-refractivity contribution in [2.45, 2.75) is 110 Å². The lowest BCUT2D eigenvalue weighted by Gasteiger charge is -2.05. The predicted molar refractivity (Wildman–Crippen MR) is 116 cm³/mol. The third-order valence-corrected chi connectivity index (χ3v) is 5.27. The Balaban J connectivity index is 1.80. The number of carbonyl (C=O) groups excluding carboxylic acids is 1. The maximum Gasteiger partial charge on any atom is 0.338 e. The molecule has 0 fully saturated rings. The molecule has 0 aliphatic carbocycles. The molecule has 0 unspecified atom stereocenters. The number of ether oxygens (including phenoxy) is 1. The Bertz CT molecular complexity index is 464. The van der Waals surface area contributed by atoms with E-state index in [9.17, 15) is 4.79 Å². The van der Waals surface area contributed by atoms with Gasteiger partial charge in [0.1, 0.15) is 0 Å². The van der Waals surface area contributed by atoms with Gasteiger partial charge in [-0.15, -0.1) is 0 Å². The summed E-state index contributed by atoms with van der Waals surface area (Å²) in [5.41, 5.74) is 1.82. The van der Waals surface area contributed by atoms with Crippen LogP contribution in [0.25, 0.3) is 0 Å². The molecule has 0 bridgehead atoms. The zero-order chi connectivity index (χ0) is 19.6. The monoisotopic (exact) mass is 374 g/mol. The molecular weight excluding hydrogens is 332 g/mol. The molecule has 0 atom stereocenters. The van der Waals surface area contributed by atoms with E-state index in [-0.39, 0.29) is 5.97 Å². The highest BCUT2D eigenvalue weighted by Crippen LogP contribution is 2.13. The van der Waals surface area contributed by atoms with Crippen LogP contribution >= 0.6 is 0 Å². The molecule has 0 aliphatic rings. The molecule has 2 nitrogen and oxygen atoms in total. The standard InChI is InChI=1S/C25H42O2/c1-3-4-5-6-7-8-9-10-11-12-13-14-15-16-17-22-27-25(26)24-20-18-23(2)19-21-24/h18-21H,3-17,22H2,1-2H3. The number of hydrogen-bond acceptors (Lipinski definition) is 2. The van der Waals surface area contributed by atoms with E-state index in [1.165, 1.54) is 89.9 Å². The molecule has 0 radical (unpaired) electrons. The minimum atomic E-state index is -0.194.